The van der Waals surface area contributed by atoms with Crippen molar-refractivity contribution in [1.82, 2.24) is 33.6 Å². The summed E-state index contributed by atoms with van der Waals surface area (Å²) in [6.45, 7) is 5.28. The van der Waals surface area contributed by atoms with Crippen LogP contribution in [0.25, 0.3) is 11.3 Å². The van der Waals surface area contributed by atoms with Gasteiger partial charge in [0.15, 0.2) is 11.4 Å². The Morgan fingerprint density at radius 1 is 1.00 bits per heavy atom. The van der Waals surface area contributed by atoms with Crippen molar-refractivity contribution in [2.45, 2.75) is 33.0 Å². The highest BCUT2D eigenvalue weighted by atomic mass is 19.4. The number of alkyl halides is 3. The van der Waals surface area contributed by atoms with Crippen LogP contribution in [0.5, 0.6) is 0 Å². The summed E-state index contributed by atoms with van der Waals surface area (Å²) in [4.78, 5) is 24.2. The van der Waals surface area contributed by atoms with Crippen LogP contribution in [0.1, 0.15) is 44.0 Å². The second-order valence-electron chi connectivity index (χ2n) is 11.9. The summed E-state index contributed by atoms with van der Waals surface area (Å²) in [5.74, 6) is 6.02. The molecule has 0 radical (unpaired) electrons. The van der Waals surface area contributed by atoms with Crippen molar-refractivity contribution in [3.05, 3.63) is 125 Å². The Balaban J connectivity index is 1.22. The van der Waals surface area contributed by atoms with Gasteiger partial charge in [0.05, 0.1) is 47.9 Å². The number of aryl methyl sites for hydroxylation is 2. The second kappa shape index (κ2) is 13.2. The van der Waals surface area contributed by atoms with E-state index in [4.69, 9.17) is 0 Å². The summed E-state index contributed by atoms with van der Waals surface area (Å²) in [7, 11) is 4.04. The van der Waals surface area contributed by atoms with Gasteiger partial charge in [0.1, 0.15) is 5.69 Å². The van der Waals surface area contributed by atoms with E-state index in [1.165, 1.54) is 10.9 Å². The third-order valence-electron chi connectivity index (χ3n) is 7.79. The minimum atomic E-state index is -4.57. The van der Waals surface area contributed by atoms with E-state index in [2.05, 4.69) is 37.1 Å². The maximum absolute atomic E-state index is 13.8. The molecule has 0 unspecified atom stereocenters. The van der Waals surface area contributed by atoms with Gasteiger partial charge in [0.2, 0.25) is 0 Å². The van der Waals surface area contributed by atoms with Gasteiger partial charge in [-0.3, -0.25) is 13.9 Å². The number of nitrogens with zero attached hydrogens (tertiary/aromatic N) is 7. The van der Waals surface area contributed by atoms with E-state index in [1.807, 2.05) is 54.6 Å². The smallest absolute Gasteiger partial charge is 0.350 e. The number of pyridine rings is 1. The van der Waals surface area contributed by atoms with E-state index in [0.29, 0.717) is 28.2 Å². The number of rotatable bonds is 9. The number of anilines is 2. The Bertz CT molecular complexity index is 2180. The first-order valence-corrected chi connectivity index (χ1v) is 15.2. The third-order valence-corrected chi connectivity index (χ3v) is 7.79. The van der Waals surface area contributed by atoms with Crippen LogP contribution in [0, 0.1) is 25.7 Å². The van der Waals surface area contributed by atoms with Gasteiger partial charge in [-0.05, 0) is 81.4 Å². The Morgan fingerprint density at radius 3 is 2.58 bits per heavy atom. The van der Waals surface area contributed by atoms with Crippen LogP contribution in [0.4, 0.5) is 24.5 Å². The highest BCUT2D eigenvalue weighted by molar-refractivity contribution is 5.98. The van der Waals surface area contributed by atoms with E-state index >= 15 is 0 Å². The third kappa shape index (κ3) is 7.32. The largest absolute Gasteiger partial charge is 0.416 e. The number of likely N-dealkylation sites (N-methyl/N-ethyl adjacent to an activating group) is 1. The van der Waals surface area contributed by atoms with Crippen LogP contribution in [0.2, 0.25) is 0 Å². The summed E-state index contributed by atoms with van der Waals surface area (Å²) < 4.78 is 46.5. The van der Waals surface area contributed by atoms with Gasteiger partial charge in [-0.25, -0.2) is 9.97 Å². The molecule has 6 rings (SSSR count). The standard InChI is InChI=1S/C36H33F3N8O/c1-24-7-8-28(34(48)16-26-14-29(36(37,38)39)18-32(15-26)45-21-25(2)41-23-45)17-27(24)9-10-31-20-40-35-33(6-5-11-47(31)35)43-30-19-42-46(22-30)13-12-44(3)4/h5-8,11,14-15,17-23,43H,12-13,16H2,1-4H3. The number of aromatic nitrogens is 6. The molecule has 0 fully saturated rings. The van der Waals surface area contributed by atoms with Gasteiger partial charge < -0.3 is 14.8 Å². The lowest BCUT2D eigenvalue weighted by Gasteiger charge is -2.13. The van der Waals surface area contributed by atoms with E-state index in [0.717, 1.165) is 42.2 Å². The zero-order valence-electron chi connectivity index (χ0n) is 26.9. The Kier molecular flexibility index (Phi) is 8.88. The monoisotopic (exact) mass is 650 g/mol. The fraction of sp³-hybridized carbons (Fsp3) is 0.222. The van der Waals surface area contributed by atoms with Gasteiger partial charge >= 0.3 is 6.18 Å². The zero-order valence-corrected chi connectivity index (χ0v) is 26.9. The Hall–Kier alpha value is -5.67. The first-order chi connectivity index (χ1) is 22.9. The van der Waals surface area contributed by atoms with Crippen LogP contribution in [0.15, 0.2) is 85.8 Å². The number of carbonyl (C=O) groups excluding carboxylic acids is 1. The number of Topliss-reactive ketones (excluding diaryl/α,β-unsaturated/α-hetero) is 1. The van der Waals surface area contributed by atoms with E-state index in [-0.39, 0.29) is 23.5 Å². The second-order valence-corrected chi connectivity index (χ2v) is 11.9. The molecule has 0 aliphatic rings. The van der Waals surface area contributed by atoms with Crippen LogP contribution < -0.4 is 5.32 Å². The Morgan fingerprint density at radius 2 is 1.83 bits per heavy atom. The van der Waals surface area contributed by atoms with Gasteiger partial charge in [-0.2, -0.15) is 18.3 Å². The molecule has 4 heterocycles. The first-order valence-electron chi connectivity index (χ1n) is 15.2. The van der Waals surface area contributed by atoms with Gasteiger partial charge in [0.25, 0.3) is 0 Å². The molecular weight excluding hydrogens is 617 g/mol. The molecule has 0 amide bonds. The molecule has 0 aliphatic heterocycles. The number of benzene rings is 2. The average molecular weight is 651 g/mol. The van der Waals surface area contributed by atoms with Crippen molar-refractivity contribution in [2.24, 2.45) is 0 Å². The summed E-state index contributed by atoms with van der Waals surface area (Å²) in [5, 5.41) is 7.80. The molecule has 48 heavy (non-hydrogen) atoms. The van der Waals surface area contributed by atoms with Crippen molar-refractivity contribution in [2.75, 3.05) is 26.0 Å². The lowest BCUT2D eigenvalue weighted by molar-refractivity contribution is -0.137. The Labute approximate surface area is 275 Å². The lowest BCUT2D eigenvalue weighted by Crippen LogP contribution is -2.18. The van der Waals surface area contributed by atoms with E-state index < -0.39 is 11.7 Å². The predicted molar refractivity (Wildman–Crippen MR) is 178 cm³/mol. The minimum Gasteiger partial charge on any atom is -0.350 e. The molecule has 0 bridgehead atoms. The van der Waals surface area contributed by atoms with Crippen LogP contribution in [-0.2, 0) is 19.1 Å². The van der Waals surface area contributed by atoms with Gasteiger partial charge in [-0.15, -0.1) is 0 Å². The van der Waals surface area contributed by atoms with Gasteiger partial charge in [0, 0.05) is 48.4 Å². The first kappa shape index (κ1) is 32.3. The van der Waals surface area contributed by atoms with Crippen LogP contribution >= 0.6 is 0 Å². The maximum atomic E-state index is 13.8. The van der Waals surface area contributed by atoms with Crippen molar-refractivity contribution in [1.29, 1.82) is 0 Å². The van der Waals surface area contributed by atoms with Crippen LogP contribution in [-0.4, -0.2) is 60.0 Å². The maximum Gasteiger partial charge on any atom is 0.416 e. The normalized spacial score (nSPS) is 11.6. The van der Waals surface area contributed by atoms with Crippen molar-refractivity contribution >= 4 is 22.8 Å². The molecule has 0 atom stereocenters. The average Bonchev–Trinajstić information content (AvgIpc) is 3.79. The lowest BCUT2D eigenvalue weighted by atomic mass is 9.97. The van der Waals surface area contributed by atoms with E-state index in [1.54, 1.807) is 49.8 Å². The number of hydrogen-bond acceptors (Lipinski definition) is 6. The summed E-state index contributed by atoms with van der Waals surface area (Å²) >= 11 is 0. The SMILES string of the molecule is Cc1cn(-c2cc(CC(=O)c3ccc(C)c(C#Cc4cnc5c(Nc6cnn(CCN(C)C)c6)cccn45)c3)cc(C(F)(F)F)c2)cn1. The van der Waals surface area contributed by atoms with Crippen molar-refractivity contribution in [3.8, 4) is 17.5 Å². The number of imidazole rings is 2. The molecule has 2 aromatic carbocycles. The molecule has 0 aliphatic carbocycles. The molecule has 12 heteroatoms. The molecule has 6 aromatic rings. The fourth-order valence-electron chi connectivity index (χ4n) is 5.21. The highest BCUT2D eigenvalue weighted by Gasteiger charge is 2.31. The van der Waals surface area contributed by atoms with E-state index in [9.17, 15) is 18.0 Å². The molecule has 9 nitrogen and oxygen atoms in total. The van der Waals surface area contributed by atoms with Gasteiger partial charge in [-0.1, -0.05) is 18.1 Å². The molecule has 0 saturated carbocycles. The number of ketones is 1. The highest BCUT2D eigenvalue weighted by Crippen LogP contribution is 2.32. The molecule has 0 saturated heterocycles. The zero-order chi connectivity index (χ0) is 34.0. The van der Waals surface area contributed by atoms with Crippen LogP contribution in [0.3, 0.4) is 0 Å². The summed E-state index contributed by atoms with van der Waals surface area (Å²) in [6.07, 6.45) is 5.58. The molecule has 0 spiro atoms. The van der Waals surface area contributed by atoms with Crippen molar-refractivity contribution < 1.29 is 18.0 Å². The topological polar surface area (TPSA) is 85.3 Å². The number of nitrogens with one attached hydrogen (secondary N) is 1. The quantitative estimate of drug-likeness (QED) is 0.142. The minimum absolute atomic E-state index is 0.210. The predicted octanol–water partition coefficient (Wildman–Crippen LogP) is 6.48. The molecule has 244 valence electrons. The summed E-state index contributed by atoms with van der Waals surface area (Å²) in [6, 6.07) is 12.6. The number of hydrogen-bond donors (Lipinski definition) is 1. The number of carbonyl (C=O) groups is 1. The number of fused-ring (bicyclic) bond motifs is 1. The number of halogens is 3. The van der Waals surface area contributed by atoms with Crippen molar-refractivity contribution in [3.63, 3.8) is 0 Å². The molecular formula is C36H33F3N8O. The molecule has 4 aromatic heterocycles. The fourth-order valence-corrected chi connectivity index (χ4v) is 5.21. The summed E-state index contributed by atoms with van der Waals surface area (Å²) in [5.41, 5.74) is 5.20. The molecule has 1 N–H and O–H groups in total.